The van der Waals surface area contributed by atoms with Gasteiger partial charge in [0.1, 0.15) is 6.29 Å². The van der Waals surface area contributed by atoms with Gasteiger partial charge in [-0.25, -0.2) is 0 Å². The highest BCUT2D eigenvalue weighted by molar-refractivity contribution is 5.63. The number of rotatable bonds is 6. The van der Waals surface area contributed by atoms with Crippen molar-refractivity contribution in [2.75, 3.05) is 44.2 Å². The summed E-state index contributed by atoms with van der Waals surface area (Å²) in [5, 5.41) is 0. The van der Waals surface area contributed by atoms with Gasteiger partial charge in [0.05, 0.1) is 24.3 Å². The lowest BCUT2D eigenvalue weighted by atomic mass is 10.0. The highest BCUT2D eigenvalue weighted by atomic mass is 19.4. The standard InChI is InChI=1S/C25H30F3N3O2/c1-19-24(18-32)30(10-11-31(19)22-9-5-8-21(14-22)25(26,27)28)17-23-16-29(12-13-33-23)15-20-6-3-2-4-7-20/h2-9,14,18-19,23-24H,10-13,15-17H2,1H3. The number of carbonyl (C=O) groups excluding carboxylic acids is 1. The molecule has 4 rings (SSSR count). The van der Waals surface area contributed by atoms with E-state index in [2.05, 4.69) is 21.9 Å². The molecule has 2 aromatic carbocycles. The monoisotopic (exact) mass is 461 g/mol. The maximum absolute atomic E-state index is 13.2. The minimum Gasteiger partial charge on any atom is -0.374 e. The number of ether oxygens (including phenoxy) is 1. The molecule has 0 amide bonds. The van der Waals surface area contributed by atoms with Crippen LogP contribution in [-0.4, -0.2) is 73.6 Å². The maximum Gasteiger partial charge on any atom is 0.416 e. The summed E-state index contributed by atoms with van der Waals surface area (Å²) in [6.07, 6.45) is -3.50. The number of piperazine rings is 1. The molecule has 2 saturated heterocycles. The predicted octanol–water partition coefficient (Wildman–Crippen LogP) is 3.68. The highest BCUT2D eigenvalue weighted by Crippen LogP contribution is 2.33. The largest absolute Gasteiger partial charge is 0.416 e. The first-order valence-electron chi connectivity index (χ1n) is 11.4. The molecule has 33 heavy (non-hydrogen) atoms. The molecule has 3 unspecified atom stereocenters. The average Bonchev–Trinajstić information content (AvgIpc) is 2.80. The Morgan fingerprint density at radius 3 is 2.58 bits per heavy atom. The van der Waals surface area contributed by atoms with E-state index in [0.717, 1.165) is 32.0 Å². The Kier molecular flexibility index (Phi) is 7.36. The van der Waals surface area contributed by atoms with Crippen LogP contribution in [0.15, 0.2) is 54.6 Å². The van der Waals surface area contributed by atoms with E-state index in [1.807, 2.05) is 30.0 Å². The van der Waals surface area contributed by atoms with Crippen molar-refractivity contribution in [1.82, 2.24) is 9.80 Å². The van der Waals surface area contributed by atoms with Gasteiger partial charge in [0.15, 0.2) is 0 Å². The third-order valence-corrected chi connectivity index (χ3v) is 6.59. The van der Waals surface area contributed by atoms with Crippen LogP contribution < -0.4 is 4.90 Å². The van der Waals surface area contributed by atoms with E-state index in [-0.39, 0.29) is 12.1 Å². The highest BCUT2D eigenvalue weighted by Gasteiger charge is 2.37. The average molecular weight is 462 g/mol. The van der Waals surface area contributed by atoms with Crippen LogP contribution in [0.3, 0.4) is 0 Å². The molecule has 5 nitrogen and oxygen atoms in total. The van der Waals surface area contributed by atoms with Crippen LogP contribution in [0.2, 0.25) is 0 Å². The predicted molar refractivity (Wildman–Crippen MR) is 121 cm³/mol. The fourth-order valence-electron chi connectivity index (χ4n) is 4.85. The lowest BCUT2D eigenvalue weighted by Crippen LogP contribution is -2.61. The molecule has 2 fully saturated rings. The number of benzene rings is 2. The molecule has 0 spiro atoms. The van der Waals surface area contributed by atoms with Crippen LogP contribution in [0.25, 0.3) is 0 Å². The number of hydrogen-bond acceptors (Lipinski definition) is 5. The molecule has 2 aliphatic heterocycles. The number of alkyl halides is 3. The second-order valence-electron chi connectivity index (χ2n) is 8.82. The van der Waals surface area contributed by atoms with E-state index >= 15 is 0 Å². The summed E-state index contributed by atoms with van der Waals surface area (Å²) < 4.78 is 45.5. The first-order valence-corrected chi connectivity index (χ1v) is 11.4. The summed E-state index contributed by atoms with van der Waals surface area (Å²) in [4.78, 5) is 18.4. The van der Waals surface area contributed by atoms with E-state index in [0.29, 0.717) is 31.9 Å². The van der Waals surface area contributed by atoms with Gasteiger partial charge < -0.3 is 14.4 Å². The SMILES string of the molecule is CC1C(C=O)N(CC2CN(Cc3ccccc3)CCO2)CCN1c1cccc(C(F)(F)F)c1. The van der Waals surface area contributed by atoms with Crippen molar-refractivity contribution in [3.8, 4) is 0 Å². The van der Waals surface area contributed by atoms with Crippen LogP contribution in [-0.2, 0) is 22.3 Å². The third kappa shape index (κ3) is 5.75. The van der Waals surface area contributed by atoms with Crippen molar-refractivity contribution >= 4 is 12.0 Å². The Morgan fingerprint density at radius 1 is 1.06 bits per heavy atom. The van der Waals surface area contributed by atoms with Gasteiger partial charge in [0, 0.05) is 51.0 Å². The third-order valence-electron chi connectivity index (χ3n) is 6.59. The van der Waals surface area contributed by atoms with Gasteiger partial charge in [0.25, 0.3) is 0 Å². The molecule has 0 radical (unpaired) electrons. The molecule has 0 aliphatic carbocycles. The summed E-state index contributed by atoms with van der Waals surface area (Å²) in [6.45, 7) is 6.80. The Bertz CT molecular complexity index is 925. The zero-order chi connectivity index (χ0) is 23.4. The van der Waals surface area contributed by atoms with Crippen LogP contribution >= 0.6 is 0 Å². The van der Waals surface area contributed by atoms with Crippen molar-refractivity contribution in [3.63, 3.8) is 0 Å². The minimum atomic E-state index is -4.39. The summed E-state index contributed by atoms with van der Waals surface area (Å²) in [7, 11) is 0. The van der Waals surface area contributed by atoms with Crippen molar-refractivity contribution in [2.45, 2.75) is 37.8 Å². The molecule has 0 saturated carbocycles. The number of anilines is 1. The summed E-state index contributed by atoms with van der Waals surface area (Å²) >= 11 is 0. The number of aldehydes is 1. The van der Waals surface area contributed by atoms with Crippen LogP contribution in [0, 0.1) is 0 Å². The zero-order valence-electron chi connectivity index (χ0n) is 18.7. The molecule has 2 heterocycles. The molecular weight excluding hydrogens is 431 g/mol. The second-order valence-corrected chi connectivity index (χ2v) is 8.82. The molecule has 8 heteroatoms. The quantitative estimate of drug-likeness (QED) is 0.614. The minimum absolute atomic E-state index is 0.0165. The Morgan fingerprint density at radius 2 is 1.85 bits per heavy atom. The van der Waals surface area contributed by atoms with Crippen molar-refractivity contribution < 1.29 is 22.7 Å². The number of hydrogen-bond donors (Lipinski definition) is 0. The number of carbonyl (C=O) groups is 1. The Hall–Kier alpha value is -2.42. The first-order chi connectivity index (χ1) is 15.8. The number of morpholine rings is 1. The molecular formula is C25H30F3N3O2. The zero-order valence-corrected chi connectivity index (χ0v) is 18.7. The van der Waals surface area contributed by atoms with Gasteiger partial charge in [-0.15, -0.1) is 0 Å². The van der Waals surface area contributed by atoms with Crippen LogP contribution in [0.5, 0.6) is 0 Å². The molecule has 0 N–H and O–H groups in total. The van der Waals surface area contributed by atoms with Gasteiger partial charge in [-0.2, -0.15) is 13.2 Å². The molecule has 178 valence electrons. The number of nitrogens with zero attached hydrogens (tertiary/aromatic N) is 3. The van der Waals surface area contributed by atoms with E-state index in [4.69, 9.17) is 4.74 Å². The lowest BCUT2D eigenvalue weighted by Gasteiger charge is -2.47. The summed E-state index contributed by atoms with van der Waals surface area (Å²) in [5.74, 6) is 0. The van der Waals surface area contributed by atoms with E-state index in [1.54, 1.807) is 6.07 Å². The number of halogens is 3. The second kappa shape index (κ2) is 10.2. The Balaban J connectivity index is 1.40. The van der Waals surface area contributed by atoms with Gasteiger partial charge >= 0.3 is 6.18 Å². The van der Waals surface area contributed by atoms with Crippen molar-refractivity contribution in [1.29, 1.82) is 0 Å². The fourth-order valence-corrected chi connectivity index (χ4v) is 4.85. The Labute approximate surface area is 192 Å². The topological polar surface area (TPSA) is 36.0 Å². The summed E-state index contributed by atoms with van der Waals surface area (Å²) in [5.41, 5.74) is 1.07. The smallest absolute Gasteiger partial charge is 0.374 e. The first kappa shape index (κ1) is 23.7. The lowest BCUT2D eigenvalue weighted by molar-refractivity contribution is -0.137. The molecule has 2 aliphatic rings. The molecule has 3 atom stereocenters. The van der Waals surface area contributed by atoms with Gasteiger partial charge in [-0.05, 0) is 30.7 Å². The van der Waals surface area contributed by atoms with E-state index < -0.39 is 17.8 Å². The molecule has 2 aromatic rings. The van der Waals surface area contributed by atoms with Crippen molar-refractivity contribution in [2.24, 2.45) is 0 Å². The van der Waals surface area contributed by atoms with Crippen LogP contribution in [0.4, 0.5) is 18.9 Å². The summed E-state index contributed by atoms with van der Waals surface area (Å²) in [6, 6.07) is 15.0. The van der Waals surface area contributed by atoms with Gasteiger partial charge in [0.2, 0.25) is 0 Å². The van der Waals surface area contributed by atoms with E-state index in [9.17, 15) is 18.0 Å². The fraction of sp³-hybridized carbons (Fsp3) is 0.480. The van der Waals surface area contributed by atoms with Crippen molar-refractivity contribution in [3.05, 3.63) is 65.7 Å². The maximum atomic E-state index is 13.2. The molecule has 0 aromatic heterocycles. The normalized spacial score (nSPS) is 25.2. The van der Waals surface area contributed by atoms with Crippen LogP contribution in [0.1, 0.15) is 18.1 Å². The van der Waals surface area contributed by atoms with Gasteiger partial charge in [-0.1, -0.05) is 36.4 Å². The molecule has 0 bridgehead atoms. The van der Waals surface area contributed by atoms with Gasteiger partial charge in [-0.3, -0.25) is 9.80 Å². The van der Waals surface area contributed by atoms with E-state index in [1.165, 1.54) is 17.7 Å².